The van der Waals surface area contributed by atoms with Crippen molar-refractivity contribution in [3.8, 4) is 0 Å². The Morgan fingerprint density at radius 3 is 2.42 bits per heavy atom. The first-order chi connectivity index (χ1) is 9.53. The minimum atomic E-state index is -1.00. The monoisotopic (exact) mass is 256 g/mol. The minimum absolute atomic E-state index is 0.402. The van der Waals surface area contributed by atoms with Crippen molar-refractivity contribution in [3.63, 3.8) is 0 Å². The van der Waals surface area contributed by atoms with Crippen LogP contribution >= 0.6 is 0 Å². The van der Waals surface area contributed by atoms with E-state index in [1.54, 1.807) is 31.2 Å². The molecule has 0 heterocycles. The number of benzene rings is 2. The SMILES string of the molecule is [2H]NC(=O)c1ccc(C(C)(O)Cc2ccccc2)cc1. The minimum Gasteiger partial charge on any atom is -0.385 e. The van der Waals surface area contributed by atoms with Gasteiger partial charge >= 0.3 is 0 Å². The summed E-state index contributed by atoms with van der Waals surface area (Å²) in [6.45, 7) is 1.75. The summed E-state index contributed by atoms with van der Waals surface area (Å²) in [5, 5.41) is 10.6. The van der Waals surface area contributed by atoms with Gasteiger partial charge in [-0.3, -0.25) is 4.79 Å². The Kier molecular flexibility index (Phi) is 3.29. The van der Waals surface area contributed by atoms with Crippen LogP contribution in [0.4, 0.5) is 0 Å². The molecule has 2 aromatic rings. The maximum Gasteiger partial charge on any atom is 0.248 e. The fourth-order valence-corrected chi connectivity index (χ4v) is 2.08. The summed E-state index contributed by atoms with van der Waals surface area (Å²) in [6.07, 6.45) is 0.498. The Labute approximate surface area is 114 Å². The van der Waals surface area contributed by atoms with Crippen molar-refractivity contribution in [1.82, 2.24) is 0 Å². The third-order valence-electron chi connectivity index (χ3n) is 3.16. The number of primary amides is 1. The van der Waals surface area contributed by atoms with E-state index in [0.29, 0.717) is 12.0 Å². The van der Waals surface area contributed by atoms with Crippen molar-refractivity contribution in [2.45, 2.75) is 18.9 Å². The molecule has 19 heavy (non-hydrogen) atoms. The van der Waals surface area contributed by atoms with E-state index >= 15 is 0 Å². The zero-order chi connectivity index (χ0) is 14.6. The lowest BCUT2D eigenvalue weighted by molar-refractivity contribution is 0.0575. The molecule has 0 saturated carbocycles. The third kappa shape index (κ3) is 3.20. The first-order valence-electron chi connectivity index (χ1n) is 6.62. The maximum absolute atomic E-state index is 11.3. The second-order valence-electron chi connectivity index (χ2n) is 4.84. The largest absolute Gasteiger partial charge is 0.385 e. The predicted octanol–water partition coefficient (Wildman–Crippen LogP) is 2.24. The Bertz CT molecular complexity index is 579. The highest BCUT2D eigenvalue weighted by Crippen LogP contribution is 2.25. The fraction of sp³-hybridized carbons (Fsp3) is 0.188. The van der Waals surface area contributed by atoms with Crippen LogP contribution in [0.15, 0.2) is 54.6 Å². The molecular formula is C16H17NO2. The first kappa shape index (κ1) is 11.9. The lowest BCUT2D eigenvalue weighted by Crippen LogP contribution is -2.24. The van der Waals surface area contributed by atoms with Gasteiger partial charge in [0.15, 0.2) is 1.41 Å². The Morgan fingerprint density at radius 1 is 1.21 bits per heavy atom. The highest BCUT2D eigenvalue weighted by Gasteiger charge is 2.23. The lowest BCUT2D eigenvalue weighted by Gasteiger charge is -2.24. The van der Waals surface area contributed by atoms with Crippen LogP contribution in [0.1, 0.15) is 28.4 Å². The lowest BCUT2D eigenvalue weighted by atomic mass is 9.88. The molecule has 2 rings (SSSR count). The van der Waals surface area contributed by atoms with Crippen LogP contribution in [0.2, 0.25) is 1.41 Å². The van der Waals surface area contributed by atoms with E-state index in [9.17, 15) is 9.90 Å². The fourth-order valence-electron chi connectivity index (χ4n) is 2.08. The van der Waals surface area contributed by atoms with E-state index in [4.69, 9.17) is 1.41 Å². The Balaban J connectivity index is 2.19. The van der Waals surface area contributed by atoms with E-state index in [0.717, 1.165) is 11.1 Å². The van der Waals surface area contributed by atoms with Gasteiger partial charge in [0, 0.05) is 12.0 Å². The molecule has 0 fully saturated rings. The van der Waals surface area contributed by atoms with Crippen molar-refractivity contribution < 1.29 is 11.3 Å². The zero-order valence-corrected chi connectivity index (χ0v) is 10.8. The van der Waals surface area contributed by atoms with Gasteiger partial charge in [-0.1, -0.05) is 42.5 Å². The topological polar surface area (TPSA) is 63.3 Å². The van der Waals surface area contributed by atoms with Gasteiger partial charge in [-0.2, -0.15) is 0 Å². The molecule has 0 saturated heterocycles. The molecule has 0 spiro atoms. The molecular weight excluding hydrogens is 238 g/mol. The van der Waals surface area contributed by atoms with Crippen LogP contribution in [-0.2, 0) is 12.0 Å². The second kappa shape index (κ2) is 5.24. The van der Waals surface area contributed by atoms with Crippen molar-refractivity contribution in [2.75, 3.05) is 0 Å². The molecule has 0 radical (unpaired) electrons. The van der Waals surface area contributed by atoms with Gasteiger partial charge in [0.2, 0.25) is 5.91 Å². The van der Waals surface area contributed by atoms with Crippen LogP contribution in [-0.4, -0.2) is 11.0 Å². The van der Waals surface area contributed by atoms with Crippen molar-refractivity contribution in [3.05, 3.63) is 71.3 Å². The van der Waals surface area contributed by atoms with Crippen LogP contribution in [0.5, 0.6) is 0 Å². The summed E-state index contributed by atoms with van der Waals surface area (Å²) < 4.78 is 6.82. The molecule has 0 aliphatic rings. The summed E-state index contributed by atoms with van der Waals surface area (Å²) in [5.74, 6) is -0.459. The van der Waals surface area contributed by atoms with Crippen molar-refractivity contribution in [1.29, 1.82) is 0 Å². The molecule has 0 aromatic heterocycles. The van der Waals surface area contributed by atoms with Gasteiger partial charge < -0.3 is 10.8 Å². The van der Waals surface area contributed by atoms with E-state index in [2.05, 4.69) is 0 Å². The second-order valence-corrected chi connectivity index (χ2v) is 4.84. The van der Waals surface area contributed by atoms with E-state index < -0.39 is 11.5 Å². The van der Waals surface area contributed by atoms with E-state index in [1.165, 1.54) is 0 Å². The number of hydrogen-bond donors (Lipinski definition) is 2. The molecule has 1 amide bonds. The molecule has 0 aliphatic carbocycles. The van der Waals surface area contributed by atoms with Gasteiger partial charge in [-0.05, 0) is 30.2 Å². The quantitative estimate of drug-likeness (QED) is 0.881. The molecule has 0 bridgehead atoms. The Morgan fingerprint density at radius 2 is 1.84 bits per heavy atom. The van der Waals surface area contributed by atoms with E-state index in [-0.39, 0.29) is 0 Å². The summed E-state index contributed by atoms with van der Waals surface area (Å²) in [4.78, 5) is 11.3. The van der Waals surface area contributed by atoms with Crippen LogP contribution in [0.3, 0.4) is 0 Å². The number of aliphatic hydroxyl groups is 1. The summed E-state index contributed by atoms with van der Waals surface area (Å²) in [7, 11) is 0. The average molecular weight is 256 g/mol. The smallest absolute Gasteiger partial charge is 0.248 e. The standard InChI is InChI=1S/C16H17NO2/c1-16(19,11-12-5-3-2-4-6-12)14-9-7-13(8-10-14)15(17)18/h2-10,19H,11H2,1H3,(H2,17,18)/i/hD. The summed E-state index contributed by atoms with van der Waals surface area (Å²) >= 11 is 0. The number of amides is 1. The number of carbonyl (C=O) groups excluding carboxylic acids is 1. The first-order valence-corrected chi connectivity index (χ1v) is 6.12. The molecule has 2 aromatic carbocycles. The molecule has 98 valence electrons. The van der Waals surface area contributed by atoms with Gasteiger partial charge in [0.1, 0.15) is 0 Å². The molecule has 1 atom stereocenters. The summed E-state index contributed by atoms with van der Waals surface area (Å²) in [5.41, 5.74) is 3.01. The van der Waals surface area contributed by atoms with Gasteiger partial charge in [-0.15, -0.1) is 0 Å². The maximum atomic E-state index is 11.3. The average Bonchev–Trinajstić information content (AvgIpc) is 2.47. The highest BCUT2D eigenvalue weighted by atomic mass is 16.3. The van der Waals surface area contributed by atoms with Gasteiger partial charge in [0.25, 0.3) is 0 Å². The number of rotatable bonds is 4. The number of hydrogen-bond acceptors (Lipinski definition) is 2. The zero-order valence-electron chi connectivity index (χ0n) is 11.8. The highest BCUT2D eigenvalue weighted by molar-refractivity contribution is 5.92. The van der Waals surface area contributed by atoms with Crippen molar-refractivity contribution in [2.24, 2.45) is 5.73 Å². The third-order valence-corrected chi connectivity index (χ3v) is 3.16. The van der Waals surface area contributed by atoms with E-state index in [1.807, 2.05) is 36.1 Å². The predicted molar refractivity (Wildman–Crippen MR) is 74.7 cm³/mol. The molecule has 1 unspecified atom stereocenters. The van der Waals surface area contributed by atoms with Gasteiger partial charge in [0.05, 0.1) is 5.60 Å². The molecule has 3 heteroatoms. The molecule has 0 aliphatic heterocycles. The van der Waals surface area contributed by atoms with Crippen LogP contribution < -0.4 is 5.73 Å². The van der Waals surface area contributed by atoms with Crippen LogP contribution in [0, 0.1) is 0 Å². The number of nitrogens with two attached hydrogens (primary N) is 1. The molecule has 3 nitrogen and oxygen atoms in total. The summed E-state index contributed by atoms with van der Waals surface area (Å²) in [6, 6.07) is 16.4. The Hall–Kier alpha value is -2.13. The van der Waals surface area contributed by atoms with Gasteiger partial charge in [-0.25, -0.2) is 0 Å². The number of carbonyl (C=O) groups is 1. The van der Waals surface area contributed by atoms with Crippen LogP contribution in [0.25, 0.3) is 0 Å². The normalized spacial score (nSPS) is 14.3. The van der Waals surface area contributed by atoms with Crippen molar-refractivity contribution >= 4 is 5.91 Å². The molecule has 3 N–H and O–H groups in total.